The van der Waals surface area contributed by atoms with E-state index < -0.39 is 16.7 Å². The number of hydrogen-bond acceptors (Lipinski definition) is 4. The fraction of sp³-hybridized carbons (Fsp3) is 0.667. The van der Waals surface area contributed by atoms with Crippen molar-refractivity contribution in [3.63, 3.8) is 0 Å². The first kappa shape index (κ1) is 15.1. The fourth-order valence-corrected chi connectivity index (χ4v) is 5.04. The van der Waals surface area contributed by atoms with Crippen molar-refractivity contribution in [2.24, 2.45) is 0 Å². The van der Waals surface area contributed by atoms with Crippen LogP contribution in [0.1, 0.15) is 30.1 Å². The average Bonchev–Trinajstić information content (AvgIpc) is 2.76. The van der Waals surface area contributed by atoms with Crippen LogP contribution < -0.4 is 0 Å². The molecule has 0 spiro atoms. The quantitative estimate of drug-likeness (QED) is 0.696. The molecule has 0 aliphatic carbocycles. The Morgan fingerprint density at radius 1 is 1.33 bits per heavy atom. The molecule has 2 aliphatic heterocycles. The molecule has 1 amide bonds. The lowest BCUT2D eigenvalue weighted by Gasteiger charge is -2.39. The molecule has 1 aromatic rings. The van der Waals surface area contributed by atoms with Gasteiger partial charge in [0.1, 0.15) is 4.60 Å². The van der Waals surface area contributed by atoms with Crippen LogP contribution in [0.15, 0.2) is 4.60 Å². The first-order chi connectivity index (χ1) is 9.87. The van der Waals surface area contributed by atoms with E-state index in [1.165, 1.54) is 4.90 Å². The standard InChI is InChI=1S/C12H18BrN3O4S/c13-11-9-7-15(12(17)18)4-1-10(9)16(14-11)8-2-5-21(19,20)6-3-8/h8,19-20H,1-7H2,(H,17,18). The Bertz CT molecular complexity index is 567. The van der Waals surface area contributed by atoms with Crippen molar-refractivity contribution in [1.29, 1.82) is 0 Å². The van der Waals surface area contributed by atoms with Gasteiger partial charge in [-0.15, -0.1) is 0 Å². The van der Waals surface area contributed by atoms with Gasteiger partial charge in [0.25, 0.3) is 0 Å². The van der Waals surface area contributed by atoms with Crippen LogP contribution in [0.5, 0.6) is 0 Å². The zero-order valence-corrected chi connectivity index (χ0v) is 13.8. The lowest BCUT2D eigenvalue weighted by atomic mass is 10.1. The zero-order chi connectivity index (χ0) is 15.2. The maximum Gasteiger partial charge on any atom is 0.407 e. The van der Waals surface area contributed by atoms with E-state index in [1.54, 1.807) is 0 Å². The van der Waals surface area contributed by atoms with E-state index in [-0.39, 0.29) is 6.04 Å². The molecule has 3 rings (SSSR count). The molecular formula is C12H18BrN3O4S. The van der Waals surface area contributed by atoms with Crippen molar-refractivity contribution in [3.8, 4) is 0 Å². The fourth-order valence-electron chi connectivity index (χ4n) is 3.01. The Morgan fingerprint density at radius 3 is 2.62 bits per heavy atom. The molecule has 0 bridgehead atoms. The van der Waals surface area contributed by atoms with Crippen molar-refractivity contribution < 1.29 is 19.0 Å². The zero-order valence-electron chi connectivity index (χ0n) is 11.4. The summed E-state index contributed by atoms with van der Waals surface area (Å²) < 4.78 is 22.1. The number of hydrogen-bond donors (Lipinski definition) is 3. The molecule has 0 aromatic carbocycles. The average molecular weight is 380 g/mol. The molecular weight excluding hydrogens is 362 g/mol. The minimum absolute atomic E-state index is 0.168. The minimum Gasteiger partial charge on any atom is -0.465 e. The molecule has 0 unspecified atom stereocenters. The summed E-state index contributed by atoms with van der Waals surface area (Å²) in [5.74, 6) is 0.844. The van der Waals surface area contributed by atoms with Crippen LogP contribution in [-0.2, 0) is 13.0 Å². The topological polar surface area (TPSA) is 98.8 Å². The van der Waals surface area contributed by atoms with E-state index in [0.29, 0.717) is 48.5 Å². The second kappa shape index (κ2) is 5.45. The van der Waals surface area contributed by atoms with Gasteiger partial charge in [-0.25, -0.2) is 4.79 Å². The van der Waals surface area contributed by atoms with Crippen LogP contribution in [0.3, 0.4) is 0 Å². The Kier molecular flexibility index (Phi) is 3.93. The molecule has 3 heterocycles. The van der Waals surface area contributed by atoms with E-state index >= 15 is 0 Å². The Hall–Kier alpha value is -0.770. The highest BCUT2D eigenvalue weighted by Crippen LogP contribution is 2.47. The summed E-state index contributed by atoms with van der Waals surface area (Å²) >= 11 is 3.42. The number of fused-ring (bicyclic) bond motifs is 1. The number of rotatable bonds is 1. The maximum absolute atomic E-state index is 11.1. The number of carbonyl (C=O) groups is 1. The maximum atomic E-state index is 11.1. The van der Waals surface area contributed by atoms with Gasteiger partial charge < -0.3 is 10.0 Å². The monoisotopic (exact) mass is 379 g/mol. The molecule has 1 fully saturated rings. The molecule has 9 heteroatoms. The van der Waals surface area contributed by atoms with E-state index in [2.05, 4.69) is 21.0 Å². The van der Waals surface area contributed by atoms with Gasteiger partial charge in [0.2, 0.25) is 0 Å². The van der Waals surface area contributed by atoms with Gasteiger partial charge in [-0.2, -0.15) is 15.7 Å². The third kappa shape index (κ3) is 2.92. The Morgan fingerprint density at radius 2 is 2.00 bits per heavy atom. The van der Waals surface area contributed by atoms with Crippen LogP contribution in [0.2, 0.25) is 0 Å². The molecule has 21 heavy (non-hydrogen) atoms. The third-order valence-corrected chi connectivity index (χ3v) is 6.63. The lowest BCUT2D eigenvalue weighted by molar-refractivity contribution is 0.139. The van der Waals surface area contributed by atoms with Gasteiger partial charge in [0.15, 0.2) is 0 Å². The summed E-state index contributed by atoms with van der Waals surface area (Å²) in [6.07, 6.45) is 1.14. The molecule has 118 valence electrons. The molecule has 0 saturated carbocycles. The predicted molar refractivity (Wildman–Crippen MR) is 82.9 cm³/mol. The van der Waals surface area contributed by atoms with Crippen LogP contribution in [0.4, 0.5) is 4.79 Å². The second-order valence-corrected chi connectivity index (χ2v) is 8.73. The van der Waals surface area contributed by atoms with Crippen molar-refractivity contribution >= 4 is 32.6 Å². The van der Waals surface area contributed by atoms with Crippen LogP contribution in [0.25, 0.3) is 0 Å². The van der Waals surface area contributed by atoms with E-state index in [4.69, 9.17) is 5.11 Å². The van der Waals surface area contributed by atoms with Gasteiger partial charge >= 0.3 is 6.09 Å². The lowest BCUT2D eigenvalue weighted by Crippen LogP contribution is -2.36. The summed E-state index contributed by atoms with van der Waals surface area (Å²) in [5.41, 5.74) is 2.00. The van der Waals surface area contributed by atoms with Gasteiger partial charge in [0.05, 0.1) is 12.6 Å². The number of amides is 1. The van der Waals surface area contributed by atoms with Crippen LogP contribution >= 0.6 is 26.5 Å². The van der Waals surface area contributed by atoms with Crippen molar-refractivity contribution in [2.45, 2.75) is 31.8 Å². The minimum atomic E-state index is -2.40. The van der Waals surface area contributed by atoms with Gasteiger partial charge in [-0.05, 0) is 28.8 Å². The first-order valence-corrected chi connectivity index (χ1v) is 9.52. The van der Waals surface area contributed by atoms with Gasteiger partial charge in [-0.3, -0.25) is 13.8 Å². The summed E-state index contributed by atoms with van der Waals surface area (Å²) in [4.78, 5) is 12.5. The normalized spacial score (nSPS) is 23.7. The van der Waals surface area contributed by atoms with Crippen molar-refractivity contribution in [3.05, 3.63) is 15.9 Å². The van der Waals surface area contributed by atoms with Crippen molar-refractivity contribution in [1.82, 2.24) is 14.7 Å². The van der Waals surface area contributed by atoms with Crippen molar-refractivity contribution in [2.75, 3.05) is 18.1 Å². The molecule has 7 nitrogen and oxygen atoms in total. The number of carboxylic acid groups (broad SMARTS) is 1. The van der Waals surface area contributed by atoms with Gasteiger partial charge in [0, 0.05) is 35.7 Å². The second-order valence-electron chi connectivity index (χ2n) is 5.56. The Balaban J connectivity index is 1.83. The van der Waals surface area contributed by atoms with Gasteiger partial charge in [-0.1, -0.05) is 0 Å². The highest BCUT2D eigenvalue weighted by atomic mass is 79.9. The number of halogens is 1. The summed E-state index contributed by atoms with van der Waals surface area (Å²) in [5, 5.41) is 13.6. The molecule has 1 saturated heterocycles. The van der Waals surface area contributed by atoms with E-state index in [0.717, 1.165) is 11.3 Å². The molecule has 3 N–H and O–H groups in total. The third-order valence-electron chi connectivity index (χ3n) is 4.21. The highest BCUT2D eigenvalue weighted by Gasteiger charge is 2.31. The molecule has 1 aromatic heterocycles. The van der Waals surface area contributed by atoms with E-state index in [1.807, 2.05) is 4.68 Å². The van der Waals surface area contributed by atoms with Crippen LogP contribution in [0, 0.1) is 0 Å². The Labute approximate surface area is 132 Å². The van der Waals surface area contributed by atoms with E-state index in [9.17, 15) is 13.9 Å². The number of aromatic nitrogens is 2. The molecule has 2 aliphatic rings. The summed E-state index contributed by atoms with van der Waals surface area (Å²) in [7, 11) is -2.40. The summed E-state index contributed by atoms with van der Waals surface area (Å²) in [6.45, 7) is 0.829. The number of nitrogens with zero attached hydrogens (tertiary/aromatic N) is 3. The highest BCUT2D eigenvalue weighted by molar-refractivity contribution is 9.10. The summed E-state index contributed by atoms with van der Waals surface area (Å²) in [6, 6.07) is 0.168. The van der Waals surface area contributed by atoms with Crippen LogP contribution in [-0.4, -0.2) is 53.0 Å². The molecule has 0 atom stereocenters. The SMILES string of the molecule is O=C(O)N1CCc2c(c(Br)nn2C2CCS(O)(O)CC2)C1. The molecule has 0 radical (unpaired) electrons. The first-order valence-electron chi connectivity index (χ1n) is 6.84. The smallest absolute Gasteiger partial charge is 0.407 e. The largest absolute Gasteiger partial charge is 0.465 e. The predicted octanol–water partition coefficient (Wildman–Crippen LogP) is 2.77.